The van der Waals surface area contributed by atoms with E-state index in [0.717, 1.165) is 30.2 Å². The lowest BCUT2D eigenvalue weighted by molar-refractivity contribution is 0.238. The first-order valence-electron chi connectivity index (χ1n) is 13.3. The van der Waals surface area contributed by atoms with Crippen LogP contribution in [0.1, 0.15) is 35.4 Å². The molecule has 5 aromatic carbocycles. The fourth-order valence-electron chi connectivity index (χ4n) is 5.81. The van der Waals surface area contributed by atoms with Gasteiger partial charge in [-0.25, -0.2) is 0 Å². The maximum atomic E-state index is 6.12. The SMILES string of the molecule is COc1ccccc1C(c1ccc(OCCN2CCCC2)cc1)c1cc2ccccc2c2ccccc12.Cl. The highest BCUT2D eigenvalue weighted by Gasteiger charge is 2.23. The van der Waals surface area contributed by atoms with Crippen LogP contribution in [-0.2, 0) is 0 Å². The molecule has 1 saturated heterocycles. The summed E-state index contributed by atoms with van der Waals surface area (Å²) >= 11 is 0. The van der Waals surface area contributed by atoms with Gasteiger partial charge in [-0.3, -0.25) is 4.90 Å². The molecule has 6 rings (SSSR count). The van der Waals surface area contributed by atoms with Crippen LogP contribution in [0.25, 0.3) is 21.5 Å². The molecule has 38 heavy (non-hydrogen) atoms. The van der Waals surface area contributed by atoms with E-state index in [9.17, 15) is 0 Å². The molecular formula is C34H34ClNO2. The second-order valence-corrected chi connectivity index (χ2v) is 9.87. The Labute approximate surface area is 231 Å². The minimum absolute atomic E-state index is 0. The van der Waals surface area contributed by atoms with Gasteiger partial charge in [0.1, 0.15) is 18.1 Å². The van der Waals surface area contributed by atoms with Crippen molar-refractivity contribution in [3.05, 3.63) is 120 Å². The third-order valence-corrected chi connectivity index (χ3v) is 7.65. The maximum Gasteiger partial charge on any atom is 0.123 e. The highest BCUT2D eigenvalue weighted by molar-refractivity contribution is 6.09. The van der Waals surface area contributed by atoms with Crippen molar-refractivity contribution >= 4 is 34.0 Å². The molecule has 0 bridgehead atoms. The van der Waals surface area contributed by atoms with E-state index >= 15 is 0 Å². The van der Waals surface area contributed by atoms with E-state index in [0.29, 0.717) is 0 Å². The van der Waals surface area contributed by atoms with E-state index in [1.807, 2.05) is 6.07 Å². The Bertz CT molecular complexity index is 1510. The molecule has 194 valence electrons. The van der Waals surface area contributed by atoms with Crippen LogP contribution in [0.5, 0.6) is 11.5 Å². The number of hydrogen-bond acceptors (Lipinski definition) is 3. The van der Waals surface area contributed by atoms with Crippen LogP contribution in [-0.4, -0.2) is 38.3 Å². The first-order valence-corrected chi connectivity index (χ1v) is 13.3. The van der Waals surface area contributed by atoms with Crippen LogP contribution in [0.15, 0.2) is 103 Å². The average Bonchev–Trinajstić information content (AvgIpc) is 3.48. The van der Waals surface area contributed by atoms with Gasteiger partial charge in [-0.15, -0.1) is 12.4 Å². The molecule has 1 fully saturated rings. The smallest absolute Gasteiger partial charge is 0.123 e. The first kappa shape index (κ1) is 26.1. The molecule has 5 aromatic rings. The minimum atomic E-state index is 0. The van der Waals surface area contributed by atoms with Crippen molar-refractivity contribution in [3.8, 4) is 11.5 Å². The Morgan fingerprint density at radius 2 is 1.37 bits per heavy atom. The van der Waals surface area contributed by atoms with Gasteiger partial charge in [0.25, 0.3) is 0 Å². The number of ether oxygens (including phenoxy) is 2. The zero-order valence-electron chi connectivity index (χ0n) is 21.8. The molecular weight excluding hydrogens is 490 g/mol. The summed E-state index contributed by atoms with van der Waals surface area (Å²) in [6.07, 6.45) is 2.62. The average molecular weight is 524 g/mol. The van der Waals surface area contributed by atoms with Crippen molar-refractivity contribution in [1.82, 2.24) is 4.90 Å². The van der Waals surface area contributed by atoms with E-state index in [4.69, 9.17) is 9.47 Å². The number of likely N-dealkylation sites (tertiary alicyclic amines) is 1. The molecule has 1 heterocycles. The standard InChI is InChI=1S/C34H33NO2.ClH/c1-36-33-15-7-6-14-31(33)34(25-16-18-27(19-17-25)37-23-22-35-20-8-9-21-35)32-24-26-10-2-3-11-28(26)29-12-4-5-13-30(29)32;/h2-7,10-19,24,34H,8-9,20-23H2,1H3;1H. The van der Waals surface area contributed by atoms with Gasteiger partial charge in [0, 0.05) is 18.0 Å². The summed E-state index contributed by atoms with van der Waals surface area (Å²) in [6.45, 7) is 4.12. The number of benzene rings is 5. The summed E-state index contributed by atoms with van der Waals surface area (Å²) in [5.74, 6) is 1.84. The van der Waals surface area contributed by atoms with Gasteiger partial charge < -0.3 is 9.47 Å². The Balaban J connectivity index is 0.00000294. The monoisotopic (exact) mass is 523 g/mol. The number of halogens is 1. The van der Waals surface area contributed by atoms with Gasteiger partial charge in [0.15, 0.2) is 0 Å². The van der Waals surface area contributed by atoms with Crippen LogP contribution < -0.4 is 9.47 Å². The molecule has 4 heteroatoms. The molecule has 1 atom stereocenters. The van der Waals surface area contributed by atoms with Crippen molar-refractivity contribution in [1.29, 1.82) is 0 Å². The van der Waals surface area contributed by atoms with Crippen LogP contribution >= 0.6 is 12.4 Å². The van der Waals surface area contributed by atoms with E-state index in [1.54, 1.807) is 7.11 Å². The van der Waals surface area contributed by atoms with Gasteiger partial charge in [-0.2, -0.15) is 0 Å². The molecule has 0 radical (unpaired) electrons. The third-order valence-electron chi connectivity index (χ3n) is 7.65. The molecule has 0 amide bonds. The lowest BCUT2D eigenvalue weighted by atomic mass is 9.81. The summed E-state index contributed by atoms with van der Waals surface area (Å²) in [4.78, 5) is 2.48. The van der Waals surface area contributed by atoms with Crippen molar-refractivity contribution in [2.24, 2.45) is 0 Å². The largest absolute Gasteiger partial charge is 0.496 e. The molecule has 1 aliphatic heterocycles. The summed E-state index contributed by atoms with van der Waals surface area (Å²) in [7, 11) is 1.76. The quantitative estimate of drug-likeness (QED) is 0.151. The van der Waals surface area contributed by atoms with Gasteiger partial charge in [0.2, 0.25) is 0 Å². The Hall–Kier alpha value is -3.53. The second-order valence-electron chi connectivity index (χ2n) is 9.87. The molecule has 0 N–H and O–H groups in total. The maximum absolute atomic E-state index is 6.12. The predicted octanol–water partition coefficient (Wildman–Crippen LogP) is 8.08. The van der Waals surface area contributed by atoms with E-state index < -0.39 is 0 Å². The first-order chi connectivity index (χ1) is 18.3. The number of hydrogen-bond donors (Lipinski definition) is 0. The normalized spacial score (nSPS) is 14.3. The number of methoxy groups -OCH3 is 1. The summed E-state index contributed by atoms with van der Waals surface area (Å²) in [5.41, 5.74) is 3.66. The second kappa shape index (κ2) is 11.9. The van der Waals surface area contributed by atoms with Crippen molar-refractivity contribution in [3.63, 3.8) is 0 Å². The minimum Gasteiger partial charge on any atom is -0.496 e. The number of para-hydroxylation sites is 1. The van der Waals surface area contributed by atoms with E-state index in [-0.39, 0.29) is 18.3 Å². The van der Waals surface area contributed by atoms with Crippen molar-refractivity contribution < 1.29 is 9.47 Å². The third kappa shape index (κ3) is 5.22. The Kier molecular flexibility index (Phi) is 8.17. The fourth-order valence-corrected chi connectivity index (χ4v) is 5.81. The molecule has 0 aliphatic carbocycles. The highest BCUT2D eigenvalue weighted by atomic mass is 35.5. The van der Waals surface area contributed by atoms with Crippen LogP contribution in [0, 0.1) is 0 Å². The zero-order valence-corrected chi connectivity index (χ0v) is 22.6. The van der Waals surface area contributed by atoms with Crippen LogP contribution in [0.2, 0.25) is 0 Å². The number of nitrogens with zero attached hydrogens (tertiary/aromatic N) is 1. The molecule has 0 aromatic heterocycles. The van der Waals surface area contributed by atoms with Crippen LogP contribution in [0.4, 0.5) is 0 Å². The van der Waals surface area contributed by atoms with Gasteiger partial charge in [-0.05, 0) is 82.9 Å². The lowest BCUT2D eigenvalue weighted by Gasteiger charge is -2.24. The lowest BCUT2D eigenvalue weighted by Crippen LogP contribution is -2.25. The van der Waals surface area contributed by atoms with E-state index in [2.05, 4.69) is 102 Å². The molecule has 0 saturated carbocycles. The Morgan fingerprint density at radius 1 is 0.711 bits per heavy atom. The van der Waals surface area contributed by atoms with Crippen molar-refractivity contribution in [2.75, 3.05) is 33.4 Å². The Morgan fingerprint density at radius 3 is 2.13 bits per heavy atom. The molecule has 0 spiro atoms. The predicted molar refractivity (Wildman–Crippen MR) is 160 cm³/mol. The molecule has 1 aliphatic rings. The van der Waals surface area contributed by atoms with Crippen molar-refractivity contribution in [2.45, 2.75) is 18.8 Å². The topological polar surface area (TPSA) is 21.7 Å². The fraction of sp³-hybridized carbons (Fsp3) is 0.235. The summed E-state index contributed by atoms with van der Waals surface area (Å²) < 4.78 is 12.0. The van der Waals surface area contributed by atoms with Crippen LogP contribution in [0.3, 0.4) is 0 Å². The summed E-state index contributed by atoms with van der Waals surface area (Å²) in [6, 6.07) is 36.8. The molecule has 1 unspecified atom stereocenters. The van der Waals surface area contributed by atoms with E-state index in [1.165, 1.54) is 58.6 Å². The molecule has 3 nitrogen and oxygen atoms in total. The van der Waals surface area contributed by atoms with Gasteiger partial charge in [0.05, 0.1) is 7.11 Å². The number of rotatable bonds is 8. The zero-order chi connectivity index (χ0) is 25.0. The summed E-state index contributed by atoms with van der Waals surface area (Å²) in [5, 5.41) is 5.07. The highest BCUT2D eigenvalue weighted by Crippen LogP contribution is 2.42. The van der Waals surface area contributed by atoms with Gasteiger partial charge >= 0.3 is 0 Å². The number of fused-ring (bicyclic) bond motifs is 3. The van der Waals surface area contributed by atoms with Gasteiger partial charge in [-0.1, -0.05) is 78.9 Å².